The van der Waals surface area contributed by atoms with Gasteiger partial charge in [-0.2, -0.15) is 5.26 Å². The summed E-state index contributed by atoms with van der Waals surface area (Å²) >= 11 is 0. The molecule has 4 saturated carbocycles. The number of carbonyl (C=O) groups excluding carboxylic acids is 1. The lowest BCUT2D eigenvalue weighted by molar-refractivity contribution is -0.196. The number of carboxylic acid groups (broad SMARTS) is 1. The molecule has 0 heterocycles. The van der Waals surface area contributed by atoms with Crippen molar-refractivity contribution in [1.82, 2.24) is 0 Å². The summed E-state index contributed by atoms with van der Waals surface area (Å²) in [6, 6.07) is 2.51. The van der Waals surface area contributed by atoms with Gasteiger partial charge in [0.2, 0.25) is 0 Å². The molecular weight excluding hydrogens is 306 g/mol. The minimum absolute atomic E-state index is 0.126. The maximum Gasteiger partial charge on any atom is 0.331 e. The van der Waals surface area contributed by atoms with E-state index in [0.29, 0.717) is 24.8 Å². The number of carboxylic acids is 1. The van der Waals surface area contributed by atoms with Crippen molar-refractivity contribution >= 4 is 11.9 Å². The second-order valence-electron chi connectivity index (χ2n) is 8.87. The molecule has 0 aromatic heterocycles. The van der Waals surface area contributed by atoms with Gasteiger partial charge in [0.25, 0.3) is 0 Å². The number of aliphatic carboxylic acids is 1. The van der Waals surface area contributed by atoms with Gasteiger partial charge in [0, 0.05) is 5.57 Å². The molecule has 0 saturated heterocycles. The van der Waals surface area contributed by atoms with E-state index >= 15 is 0 Å². The van der Waals surface area contributed by atoms with E-state index in [-0.39, 0.29) is 11.4 Å². The molecule has 1 N–H and O–H groups in total. The van der Waals surface area contributed by atoms with Crippen LogP contribution in [-0.2, 0) is 14.3 Å². The van der Waals surface area contributed by atoms with Crippen LogP contribution in [0.15, 0.2) is 11.1 Å². The van der Waals surface area contributed by atoms with Gasteiger partial charge in [0.05, 0.1) is 24.0 Å². The van der Waals surface area contributed by atoms with Crippen molar-refractivity contribution in [2.24, 2.45) is 21.7 Å². The number of allylic oxidation sites excluding steroid dienone is 1. The third-order valence-corrected chi connectivity index (χ3v) is 6.86. The molecule has 0 aromatic carbocycles. The van der Waals surface area contributed by atoms with Crippen LogP contribution in [0.1, 0.15) is 59.3 Å². The summed E-state index contributed by atoms with van der Waals surface area (Å²) in [5, 5.41) is 19.4. The Hall–Kier alpha value is -1.83. The first-order valence-corrected chi connectivity index (χ1v) is 8.46. The molecule has 0 aromatic rings. The second kappa shape index (κ2) is 4.84. The first-order valence-electron chi connectivity index (χ1n) is 8.46. The fourth-order valence-corrected chi connectivity index (χ4v) is 6.65. The van der Waals surface area contributed by atoms with Crippen molar-refractivity contribution in [3.63, 3.8) is 0 Å². The molecule has 4 aliphatic rings. The Bertz CT molecular complexity index is 705. The molecule has 4 atom stereocenters. The van der Waals surface area contributed by atoms with E-state index in [1.54, 1.807) is 6.92 Å². The lowest BCUT2D eigenvalue weighted by atomic mass is 9.35. The van der Waals surface area contributed by atoms with Crippen LogP contribution >= 0.6 is 0 Å². The first kappa shape index (κ1) is 17.0. The van der Waals surface area contributed by atoms with Crippen LogP contribution in [0.4, 0.5) is 0 Å². The number of rotatable bonds is 3. The van der Waals surface area contributed by atoms with Crippen LogP contribution in [0.25, 0.3) is 0 Å². The second-order valence-corrected chi connectivity index (χ2v) is 8.87. The molecule has 4 rings (SSSR count). The summed E-state index contributed by atoms with van der Waals surface area (Å²) in [7, 11) is 1.40. The van der Waals surface area contributed by atoms with Crippen LogP contribution in [0.3, 0.4) is 0 Å². The van der Waals surface area contributed by atoms with Gasteiger partial charge in [-0.05, 0) is 63.2 Å². The van der Waals surface area contributed by atoms with Crippen LogP contribution in [-0.4, -0.2) is 24.2 Å². The Morgan fingerprint density at radius 2 is 1.62 bits per heavy atom. The zero-order valence-electron chi connectivity index (χ0n) is 14.9. The van der Waals surface area contributed by atoms with E-state index in [9.17, 15) is 20.0 Å². The van der Waals surface area contributed by atoms with Gasteiger partial charge in [0.1, 0.15) is 0 Å². The predicted octanol–water partition coefficient (Wildman–Crippen LogP) is 3.45. The van der Waals surface area contributed by atoms with Crippen molar-refractivity contribution in [2.45, 2.75) is 59.3 Å². The Kier molecular flexibility index (Phi) is 3.43. The van der Waals surface area contributed by atoms with Crippen LogP contribution in [0.2, 0.25) is 0 Å². The summed E-state index contributed by atoms with van der Waals surface area (Å²) < 4.78 is 5.12. The summed E-state index contributed by atoms with van der Waals surface area (Å²) in [4.78, 5) is 24.2. The number of ether oxygens (including phenoxy) is 1. The van der Waals surface area contributed by atoms with Crippen molar-refractivity contribution in [3.05, 3.63) is 11.1 Å². The van der Waals surface area contributed by atoms with Gasteiger partial charge < -0.3 is 9.84 Å². The number of carbonyl (C=O) groups is 2. The maximum atomic E-state index is 12.7. The fraction of sp³-hybridized carbons (Fsp3) is 0.737. The third-order valence-electron chi connectivity index (χ3n) is 6.86. The molecular formula is C19H25NO4. The van der Waals surface area contributed by atoms with Gasteiger partial charge in [-0.1, -0.05) is 12.5 Å². The monoisotopic (exact) mass is 331 g/mol. The molecule has 4 aliphatic carbocycles. The Morgan fingerprint density at radius 1 is 1.04 bits per heavy atom. The summed E-state index contributed by atoms with van der Waals surface area (Å²) in [5.74, 6) is -1.16. The SMILES string of the molecule is COC(=O)C12CC3(C)CC(C#N)(C1)CC(C(C)=C(C)C(=O)O)(C3)C2. The maximum absolute atomic E-state index is 12.7. The van der Waals surface area contributed by atoms with Gasteiger partial charge >= 0.3 is 11.9 Å². The van der Waals surface area contributed by atoms with Gasteiger partial charge in [-0.3, -0.25) is 4.79 Å². The Balaban J connectivity index is 2.20. The fourth-order valence-electron chi connectivity index (χ4n) is 6.65. The smallest absolute Gasteiger partial charge is 0.331 e. The molecule has 0 aliphatic heterocycles. The molecule has 4 fully saturated rings. The number of nitriles is 1. The summed E-state index contributed by atoms with van der Waals surface area (Å²) in [5.41, 5.74) is -0.567. The lowest BCUT2D eigenvalue weighted by Gasteiger charge is -2.67. The van der Waals surface area contributed by atoms with Gasteiger partial charge in [0.15, 0.2) is 0 Å². The van der Waals surface area contributed by atoms with E-state index in [0.717, 1.165) is 24.8 Å². The number of hydrogen-bond donors (Lipinski definition) is 1. The quantitative estimate of drug-likeness (QED) is 0.632. The van der Waals surface area contributed by atoms with Crippen molar-refractivity contribution in [1.29, 1.82) is 5.26 Å². The van der Waals surface area contributed by atoms with Crippen LogP contribution in [0, 0.1) is 33.0 Å². The van der Waals surface area contributed by atoms with Crippen molar-refractivity contribution in [2.75, 3.05) is 7.11 Å². The molecule has 4 unspecified atom stereocenters. The highest BCUT2D eigenvalue weighted by Crippen LogP contribution is 2.75. The third kappa shape index (κ3) is 2.12. The van der Waals surface area contributed by atoms with Gasteiger partial charge in [-0.15, -0.1) is 0 Å². The minimum Gasteiger partial charge on any atom is -0.478 e. The highest BCUT2D eigenvalue weighted by molar-refractivity contribution is 5.87. The Morgan fingerprint density at radius 3 is 2.17 bits per heavy atom. The zero-order valence-corrected chi connectivity index (χ0v) is 14.9. The molecule has 5 nitrogen and oxygen atoms in total. The largest absolute Gasteiger partial charge is 0.478 e. The zero-order chi connectivity index (χ0) is 18.0. The molecule has 0 spiro atoms. The van der Waals surface area contributed by atoms with E-state index in [1.165, 1.54) is 7.11 Å². The van der Waals surface area contributed by atoms with E-state index < -0.39 is 22.2 Å². The molecule has 130 valence electrons. The lowest BCUT2D eigenvalue weighted by Crippen LogP contribution is -2.62. The highest BCUT2D eigenvalue weighted by atomic mass is 16.5. The number of nitrogens with zero attached hydrogens (tertiary/aromatic N) is 1. The van der Waals surface area contributed by atoms with E-state index in [4.69, 9.17) is 4.74 Å². The minimum atomic E-state index is -0.925. The van der Waals surface area contributed by atoms with Gasteiger partial charge in [-0.25, -0.2) is 4.79 Å². The Labute approximate surface area is 142 Å². The number of esters is 1. The topological polar surface area (TPSA) is 87.4 Å². The standard InChI is InChI=1S/C19H25NO4/c1-12(14(21)22)13(2)18-6-16(3)5-17(8-18,11-20)9-19(7-16,10-18)15(23)24-4/h5-10H2,1-4H3,(H,21,22). The molecule has 5 heteroatoms. The normalized spacial score (nSPS) is 43.8. The first-order chi connectivity index (χ1) is 11.0. The predicted molar refractivity (Wildman–Crippen MR) is 86.7 cm³/mol. The summed E-state index contributed by atoms with van der Waals surface area (Å²) in [6.45, 7) is 5.64. The molecule has 24 heavy (non-hydrogen) atoms. The molecule has 4 bridgehead atoms. The average molecular weight is 331 g/mol. The summed E-state index contributed by atoms with van der Waals surface area (Å²) in [6.07, 6.45) is 4.16. The van der Waals surface area contributed by atoms with Crippen LogP contribution in [0.5, 0.6) is 0 Å². The van der Waals surface area contributed by atoms with Crippen molar-refractivity contribution in [3.8, 4) is 6.07 Å². The van der Waals surface area contributed by atoms with E-state index in [2.05, 4.69) is 13.0 Å². The average Bonchev–Trinajstić information content (AvgIpc) is 2.50. The number of methoxy groups -OCH3 is 1. The van der Waals surface area contributed by atoms with Crippen LogP contribution < -0.4 is 0 Å². The molecule has 0 amide bonds. The van der Waals surface area contributed by atoms with E-state index in [1.807, 2.05) is 6.92 Å². The highest BCUT2D eigenvalue weighted by Gasteiger charge is 2.70. The molecule has 0 radical (unpaired) electrons. The number of hydrogen-bond acceptors (Lipinski definition) is 4. The van der Waals surface area contributed by atoms with Crippen molar-refractivity contribution < 1.29 is 19.4 Å².